The van der Waals surface area contributed by atoms with Crippen LogP contribution in [0.15, 0.2) is 42.5 Å². The van der Waals surface area contributed by atoms with E-state index in [0.29, 0.717) is 41.6 Å². The van der Waals surface area contributed by atoms with Crippen LogP contribution in [0.5, 0.6) is 11.5 Å². The maximum atomic E-state index is 12.7. The Morgan fingerprint density at radius 2 is 1.79 bits per heavy atom. The molecule has 1 fully saturated rings. The van der Waals surface area contributed by atoms with Gasteiger partial charge in [-0.2, -0.15) is 0 Å². The molecular weight excluding hydrogens is 368 g/mol. The summed E-state index contributed by atoms with van der Waals surface area (Å²) in [4.78, 5) is 25.1. The molecule has 1 heterocycles. The van der Waals surface area contributed by atoms with Gasteiger partial charge in [0.1, 0.15) is 0 Å². The maximum absolute atomic E-state index is 12.7. The Labute approximate surface area is 170 Å². The van der Waals surface area contributed by atoms with E-state index >= 15 is 0 Å². The van der Waals surface area contributed by atoms with Crippen LogP contribution in [0.2, 0.25) is 0 Å². The molecule has 0 saturated heterocycles. The van der Waals surface area contributed by atoms with Crippen molar-refractivity contribution in [3.63, 3.8) is 0 Å². The van der Waals surface area contributed by atoms with Crippen LogP contribution in [-0.4, -0.2) is 18.6 Å². The Morgan fingerprint density at radius 3 is 2.66 bits per heavy atom. The summed E-state index contributed by atoms with van der Waals surface area (Å²) in [6.07, 6.45) is 6.43. The van der Waals surface area contributed by atoms with Gasteiger partial charge in [0.25, 0.3) is 5.91 Å². The summed E-state index contributed by atoms with van der Waals surface area (Å²) in [6.45, 7) is 0.582. The van der Waals surface area contributed by atoms with E-state index in [9.17, 15) is 9.59 Å². The minimum absolute atomic E-state index is 0.0343. The highest BCUT2D eigenvalue weighted by Gasteiger charge is 2.18. The monoisotopic (exact) mass is 394 g/mol. The molecule has 6 nitrogen and oxygen atoms in total. The molecule has 0 bridgehead atoms. The van der Waals surface area contributed by atoms with Crippen LogP contribution < -0.4 is 20.1 Å². The smallest absolute Gasteiger partial charge is 0.253 e. The molecule has 29 heavy (non-hydrogen) atoms. The number of carbonyl (C=O) groups excluding carboxylic acids is 2. The Balaban J connectivity index is 1.34. The van der Waals surface area contributed by atoms with E-state index in [1.165, 1.54) is 25.7 Å². The average Bonchev–Trinajstić information content (AvgIpc) is 3.42. The van der Waals surface area contributed by atoms with E-state index in [1.807, 2.05) is 24.3 Å². The third-order valence-corrected chi connectivity index (χ3v) is 5.59. The summed E-state index contributed by atoms with van der Waals surface area (Å²) in [6, 6.07) is 12.7. The second-order valence-corrected chi connectivity index (χ2v) is 7.65. The number of carbonyl (C=O) groups is 2. The molecule has 2 aromatic rings. The molecule has 6 heteroatoms. The van der Waals surface area contributed by atoms with E-state index in [2.05, 4.69) is 10.6 Å². The largest absolute Gasteiger partial charge is 0.454 e. The molecule has 2 aromatic carbocycles. The van der Waals surface area contributed by atoms with Gasteiger partial charge in [-0.1, -0.05) is 43.9 Å². The van der Waals surface area contributed by atoms with E-state index in [-0.39, 0.29) is 18.6 Å². The lowest BCUT2D eigenvalue weighted by molar-refractivity contribution is -0.116. The quantitative estimate of drug-likeness (QED) is 0.736. The van der Waals surface area contributed by atoms with Crippen LogP contribution in [0.3, 0.4) is 0 Å². The number of hydrogen-bond acceptors (Lipinski definition) is 4. The van der Waals surface area contributed by atoms with Crippen molar-refractivity contribution in [1.29, 1.82) is 0 Å². The number of amides is 2. The highest BCUT2D eigenvalue weighted by molar-refractivity contribution is 6.03. The number of para-hydroxylation sites is 1. The summed E-state index contributed by atoms with van der Waals surface area (Å²) in [7, 11) is 0. The van der Waals surface area contributed by atoms with Crippen molar-refractivity contribution in [2.45, 2.75) is 45.1 Å². The highest BCUT2D eigenvalue weighted by Crippen LogP contribution is 2.32. The predicted octanol–water partition coefficient (Wildman–Crippen LogP) is 4.25. The molecule has 0 aromatic heterocycles. The zero-order chi connectivity index (χ0) is 20.1. The summed E-state index contributed by atoms with van der Waals surface area (Å²) in [5, 5.41) is 5.82. The van der Waals surface area contributed by atoms with Gasteiger partial charge in [-0.25, -0.2) is 0 Å². The molecule has 152 valence electrons. The van der Waals surface area contributed by atoms with Crippen LogP contribution in [0.4, 0.5) is 5.69 Å². The molecule has 2 N–H and O–H groups in total. The van der Waals surface area contributed by atoms with E-state index < -0.39 is 0 Å². The van der Waals surface area contributed by atoms with Gasteiger partial charge < -0.3 is 20.1 Å². The van der Waals surface area contributed by atoms with E-state index in [1.54, 1.807) is 18.2 Å². The standard InChI is InChI=1S/C23H26N2O4/c26-22(12-10-16-5-1-2-6-16)25-19-8-4-3-7-18(19)23(27)24-14-17-9-11-20-21(13-17)29-15-28-20/h3-4,7-9,11,13,16H,1-2,5-6,10,12,14-15H2,(H,24,27)(H,25,26). The number of rotatable bonds is 7. The molecule has 1 saturated carbocycles. The summed E-state index contributed by atoms with van der Waals surface area (Å²) in [5.41, 5.74) is 1.93. The lowest BCUT2D eigenvalue weighted by Crippen LogP contribution is -2.25. The predicted molar refractivity (Wildman–Crippen MR) is 110 cm³/mol. The molecule has 4 rings (SSSR count). The first-order valence-corrected chi connectivity index (χ1v) is 10.2. The van der Waals surface area contributed by atoms with Crippen molar-refractivity contribution in [1.82, 2.24) is 5.32 Å². The molecule has 2 aliphatic rings. The minimum Gasteiger partial charge on any atom is -0.454 e. The fourth-order valence-electron chi connectivity index (χ4n) is 3.97. The topological polar surface area (TPSA) is 76.7 Å². The van der Waals surface area contributed by atoms with Gasteiger partial charge in [0.15, 0.2) is 11.5 Å². The first kappa shape index (κ1) is 19.3. The third kappa shape index (κ3) is 4.88. The summed E-state index contributed by atoms with van der Waals surface area (Å²) in [5.74, 6) is 1.81. The van der Waals surface area contributed by atoms with Gasteiger partial charge in [0, 0.05) is 13.0 Å². The van der Waals surface area contributed by atoms with Crippen LogP contribution in [0, 0.1) is 5.92 Å². The minimum atomic E-state index is -0.227. The number of benzene rings is 2. The van der Waals surface area contributed by atoms with E-state index in [0.717, 1.165) is 12.0 Å². The van der Waals surface area contributed by atoms with Gasteiger partial charge in [0.2, 0.25) is 12.7 Å². The third-order valence-electron chi connectivity index (χ3n) is 5.59. The van der Waals surface area contributed by atoms with Crippen molar-refractivity contribution in [3.05, 3.63) is 53.6 Å². The number of anilines is 1. The zero-order valence-corrected chi connectivity index (χ0v) is 16.4. The lowest BCUT2D eigenvalue weighted by Gasteiger charge is -2.13. The van der Waals surface area contributed by atoms with Crippen molar-refractivity contribution >= 4 is 17.5 Å². The van der Waals surface area contributed by atoms with Gasteiger partial charge in [-0.15, -0.1) is 0 Å². The fourth-order valence-corrected chi connectivity index (χ4v) is 3.97. The average molecular weight is 394 g/mol. The van der Waals surface area contributed by atoms with Gasteiger partial charge in [-0.3, -0.25) is 9.59 Å². The molecular formula is C23H26N2O4. The Hall–Kier alpha value is -3.02. The Kier molecular flexibility index (Phi) is 5.98. The number of hydrogen-bond donors (Lipinski definition) is 2. The van der Waals surface area contributed by atoms with Crippen LogP contribution in [-0.2, 0) is 11.3 Å². The van der Waals surface area contributed by atoms with Crippen LogP contribution >= 0.6 is 0 Å². The van der Waals surface area contributed by atoms with Crippen molar-refractivity contribution in [2.75, 3.05) is 12.1 Å². The summed E-state index contributed by atoms with van der Waals surface area (Å²) >= 11 is 0. The molecule has 0 atom stereocenters. The highest BCUT2D eigenvalue weighted by atomic mass is 16.7. The van der Waals surface area contributed by atoms with Crippen LogP contribution in [0.25, 0.3) is 0 Å². The van der Waals surface area contributed by atoms with E-state index in [4.69, 9.17) is 9.47 Å². The first-order chi connectivity index (χ1) is 14.2. The van der Waals surface area contributed by atoms with Crippen molar-refractivity contribution in [2.24, 2.45) is 5.92 Å². The summed E-state index contributed by atoms with van der Waals surface area (Å²) < 4.78 is 10.7. The number of fused-ring (bicyclic) bond motifs is 1. The Morgan fingerprint density at radius 1 is 1.00 bits per heavy atom. The SMILES string of the molecule is O=C(CCC1CCCC1)Nc1ccccc1C(=O)NCc1ccc2c(c1)OCO2. The van der Waals surface area contributed by atoms with Gasteiger partial charge in [-0.05, 0) is 42.2 Å². The second kappa shape index (κ2) is 8.99. The van der Waals surface area contributed by atoms with Crippen molar-refractivity contribution < 1.29 is 19.1 Å². The molecule has 0 radical (unpaired) electrons. The van der Waals surface area contributed by atoms with Gasteiger partial charge >= 0.3 is 0 Å². The molecule has 0 spiro atoms. The molecule has 1 aliphatic heterocycles. The first-order valence-electron chi connectivity index (χ1n) is 10.2. The molecule has 1 aliphatic carbocycles. The normalized spacial score (nSPS) is 15.3. The fraction of sp³-hybridized carbons (Fsp3) is 0.391. The number of ether oxygens (including phenoxy) is 2. The van der Waals surface area contributed by atoms with Crippen molar-refractivity contribution in [3.8, 4) is 11.5 Å². The number of nitrogens with one attached hydrogen (secondary N) is 2. The molecule has 0 unspecified atom stereocenters. The lowest BCUT2D eigenvalue weighted by atomic mass is 10.0. The zero-order valence-electron chi connectivity index (χ0n) is 16.4. The second-order valence-electron chi connectivity index (χ2n) is 7.65. The Bertz CT molecular complexity index is 890. The van der Waals surface area contributed by atoms with Crippen LogP contribution in [0.1, 0.15) is 54.4 Å². The van der Waals surface area contributed by atoms with Gasteiger partial charge in [0.05, 0.1) is 11.3 Å². The molecule has 2 amide bonds. The maximum Gasteiger partial charge on any atom is 0.253 e.